The summed E-state index contributed by atoms with van der Waals surface area (Å²) in [6.45, 7) is 1.45. The van der Waals surface area contributed by atoms with E-state index in [-0.39, 0.29) is 11.5 Å². The summed E-state index contributed by atoms with van der Waals surface area (Å²) >= 11 is 0. The smallest absolute Gasteiger partial charge is 0.272 e. The van der Waals surface area contributed by atoms with Crippen molar-refractivity contribution >= 4 is 22.4 Å². The Morgan fingerprint density at radius 1 is 1.05 bits per heavy atom. The first-order valence-electron chi connectivity index (χ1n) is 6.51. The van der Waals surface area contributed by atoms with Gasteiger partial charge in [0.1, 0.15) is 5.69 Å². The van der Waals surface area contributed by atoms with Gasteiger partial charge in [0, 0.05) is 17.9 Å². The molecular weight excluding hydrogens is 266 g/mol. The molecule has 5 heteroatoms. The van der Waals surface area contributed by atoms with E-state index in [4.69, 9.17) is 0 Å². The van der Waals surface area contributed by atoms with E-state index in [1.54, 1.807) is 18.2 Å². The largest absolute Gasteiger partial charge is 0.326 e. The van der Waals surface area contributed by atoms with E-state index in [0.29, 0.717) is 16.8 Å². The fourth-order valence-corrected chi connectivity index (χ4v) is 2.31. The lowest BCUT2D eigenvalue weighted by molar-refractivity contribution is -0.114. The molecule has 0 aliphatic rings. The number of nitrogens with zero attached hydrogens (tertiary/aromatic N) is 1. The maximum Gasteiger partial charge on any atom is 0.272 e. The SMILES string of the molecule is CC(=O)Nc1ccccc1-c1n[nH]c(=O)c2ccccc12. The van der Waals surface area contributed by atoms with Crippen LogP contribution >= 0.6 is 0 Å². The van der Waals surface area contributed by atoms with Crippen molar-refractivity contribution in [1.29, 1.82) is 0 Å². The predicted octanol–water partition coefficient (Wildman–Crippen LogP) is 2.55. The molecule has 0 atom stereocenters. The molecule has 5 nitrogen and oxygen atoms in total. The molecule has 1 heterocycles. The molecule has 0 unspecified atom stereocenters. The Morgan fingerprint density at radius 3 is 2.48 bits per heavy atom. The van der Waals surface area contributed by atoms with Crippen molar-refractivity contribution in [3.05, 3.63) is 58.9 Å². The standard InChI is InChI=1S/C16H13N3O2/c1-10(20)17-14-9-5-4-8-13(14)15-11-6-2-3-7-12(11)16(21)19-18-15/h2-9H,1H3,(H,17,20)(H,19,21). The van der Waals surface area contributed by atoms with E-state index in [0.717, 1.165) is 10.9 Å². The van der Waals surface area contributed by atoms with Gasteiger partial charge < -0.3 is 5.32 Å². The monoisotopic (exact) mass is 279 g/mol. The first kappa shape index (κ1) is 13.1. The molecule has 1 aromatic heterocycles. The highest BCUT2D eigenvalue weighted by Gasteiger charge is 2.12. The fraction of sp³-hybridized carbons (Fsp3) is 0.0625. The lowest BCUT2D eigenvalue weighted by Crippen LogP contribution is -2.11. The third-order valence-corrected chi connectivity index (χ3v) is 3.19. The zero-order valence-electron chi connectivity index (χ0n) is 11.4. The maximum absolute atomic E-state index is 11.8. The van der Waals surface area contributed by atoms with Crippen molar-refractivity contribution in [3.8, 4) is 11.3 Å². The molecule has 2 N–H and O–H groups in total. The third-order valence-electron chi connectivity index (χ3n) is 3.19. The molecule has 0 spiro atoms. The van der Waals surface area contributed by atoms with Crippen LogP contribution in [0.5, 0.6) is 0 Å². The Kier molecular flexibility index (Phi) is 3.23. The molecule has 0 saturated carbocycles. The summed E-state index contributed by atoms with van der Waals surface area (Å²) in [7, 11) is 0. The molecule has 0 radical (unpaired) electrons. The first-order valence-corrected chi connectivity index (χ1v) is 6.51. The highest BCUT2D eigenvalue weighted by molar-refractivity contribution is 6.00. The minimum atomic E-state index is -0.230. The van der Waals surface area contributed by atoms with Crippen LogP contribution in [0.3, 0.4) is 0 Å². The van der Waals surface area contributed by atoms with Crippen LogP contribution in [0, 0.1) is 0 Å². The van der Waals surface area contributed by atoms with E-state index in [1.807, 2.05) is 30.3 Å². The lowest BCUT2D eigenvalue weighted by Gasteiger charge is -2.10. The van der Waals surface area contributed by atoms with Crippen molar-refractivity contribution < 1.29 is 4.79 Å². The molecule has 3 aromatic rings. The van der Waals surface area contributed by atoms with Crippen LogP contribution in [0.1, 0.15) is 6.92 Å². The molecule has 104 valence electrons. The number of fused-ring (bicyclic) bond motifs is 1. The summed E-state index contributed by atoms with van der Waals surface area (Å²) in [6.07, 6.45) is 0. The van der Waals surface area contributed by atoms with Crippen LogP contribution in [-0.4, -0.2) is 16.1 Å². The van der Waals surface area contributed by atoms with Gasteiger partial charge in [0.15, 0.2) is 0 Å². The molecule has 0 saturated heterocycles. The topological polar surface area (TPSA) is 74.8 Å². The minimum absolute atomic E-state index is 0.156. The number of amides is 1. The number of aromatic nitrogens is 2. The fourth-order valence-electron chi connectivity index (χ4n) is 2.31. The lowest BCUT2D eigenvalue weighted by atomic mass is 10.0. The maximum atomic E-state index is 11.8. The van der Waals surface area contributed by atoms with Crippen molar-refractivity contribution in [1.82, 2.24) is 10.2 Å². The number of aromatic amines is 1. The zero-order valence-corrected chi connectivity index (χ0v) is 11.4. The van der Waals surface area contributed by atoms with Gasteiger partial charge in [-0.15, -0.1) is 0 Å². The van der Waals surface area contributed by atoms with Gasteiger partial charge in [0.25, 0.3) is 5.56 Å². The molecule has 0 aliphatic heterocycles. The summed E-state index contributed by atoms with van der Waals surface area (Å²) in [5.41, 5.74) is 1.83. The Morgan fingerprint density at radius 2 is 1.71 bits per heavy atom. The molecular formula is C16H13N3O2. The van der Waals surface area contributed by atoms with Gasteiger partial charge in [0.05, 0.1) is 11.1 Å². The van der Waals surface area contributed by atoms with Crippen LogP contribution in [0.15, 0.2) is 53.3 Å². The molecule has 2 aromatic carbocycles. The normalized spacial score (nSPS) is 10.5. The molecule has 0 aliphatic carbocycles. The van der Waals surface area contributed by atoms with Crippen LogP contribution in [0.25, 0.3) is 22.0 Å². The molecule has 1 amide bonds. The van der Waals surface area contributed by atoms with Crippen molar-refractivity contribution in [3.63, 3.8) is 0 Å². The number of carbonyl (C=O) groups excluding carboxylic acids is 1. The number of para-hydroxylation sites is 1. The van der Waals surface area contributed by atoms with E-state index in [1.165, 1.54) is 6.92 Å². The van der Waals surface area contributed by atoms with Gasteiger partial charge in [-0.3, -0.25) is 9.59 Å². The van der Waals surface area contributed by atoms with Gasteiger partial charge in [0.2, 0.25) is 5.91 Å². The molecule has 21 heavy (non-hydrogen) atoms. The van der Waals surface area contributed by atoms with Crippen molar-refractivity contribution in [2.45, 2.75) is 6.92 Å². The van der Waals surface area contributed by atoms with Crippen LogP contribution in [-0.2, 0) is 4.79 Å². The van der Waals surface area contributed by atoms with Crippen LogP contribution < -0.4 is 10.9 Å². The Hall–Kier alpha value is -2.95. The average molecular weight is 279 g/mol. The number of hydrogen-bond acceptors (Lipinski definition) is 3. The van der Waals surface area contributed by atoms with E-state index in [9.17, 15) is 9.59 Å². The third kappa shape index (κ3) is 2.41. The van der Waals surface area contributed by atoms with E-state index < -0.39 is 0 Å². The summed E-state index contributed by atoms with van der Waals surface area (Å²) in [5, 5.41) is 10.8. The Labute approximate surface area is 120 Å². The summed E-state index contributed by atoms with van der Waals surface area (Å²) < 4.78 is 0. The van der Waals surface area contributed by atoms with Gasteiger partial charge in [-0.1, -0.05) is 36.4 Å². The second-order valence-corrected chi connectivity index (χ2v) is 4.67. The second-order valence-electron chi connectivity index (χ2n) is 4.67. The predicted molar refractivity (Wildman–Crippen MR) is 82.1 cm³/mol. The van der Waals surface area contributed by atoms with E-state index in [2.05, 4.69) is 15.5 Å². The zero-order chi connectivity index (χ0) is 14.8. The molecule has 0 bridgehead atoms. The van der Waals surface area contributed by atoms with Gasteiger partial charge >= 0.3 is 0 Å². The second kappa shape index (κ2) is 5.20. The summed E-state index contributed by atoms with van der Waals surface area (Å²) in [5.74, 6) is -0.156. The number of carbonyl (C=O) groups is 1. The first-order chi connectivity index (χ1) is 10.2. The Balaban J connectivity index is 2.29. The van der Waals surface area contributed by atoms with Crippen LogP contribution in [0.4, 0.5) is 5.69 Å². The van der Waals surface area contributed by atoms with Crippen molar-refractivity contribution in [2.24, 2.45) is 0 Å². The van der Waals surface area contributed by atoms with Crippen LogP contribution in [0.2, 0.25) is 0 Å². The summed E-state index contributed by atoms with van der Waals surface area (Å²) in [4.78, 5) is 23.2. The van der Waals surface area contributed by atoms with Gasteiger partial charge in [-0.2, -0.15) is 5.10 Å². The van der Waals surface area contributed by atoms with E-state index >= 15 is 0 Å². The highest BCUT2D eigenvalue weighted by Crippen LogP contribution is 2.30. The average Bonchev–Trinajstić information content (AvgIpc) is 2.48. The number of benzene rings is 2. The summed E-state index contributed by atoms with van der Waals surface area (Å²) in [6, 6.07) is 14.6. The number of hydrogen-bond donors (Lipinski definition) is 2. The molecule has 3 rings (SSSR count). The number of nitrogens with one attached hydrogen (secondary N) is 2. The number of rotatable bonds is 2. The molecule has 0 fully saturated rings. The Bertz CT molecular complexity index is 884. The minimum Gasteiger partial charge on any atom is -0.326 e. The number of H-pyrrole nitrogens is 1. The van der Waals surface area contributed by atoms with Gasteiger partial charge in [-0.05, 0) is 12.1 Å². The number of anilines is 1. The van der Waals surface area contributed by atoms with Crippen molar-refractivity contribution in [2.75, 3.05) is 5.32 Å². The van der Waals surface area contributed by atoms with Gasteiger partial charge in [-0.25, -0.2) is 5.10 Å². The quantitative estimate of drug-likeness (QED) is 0.757. The highest BCUT2D eigenvalue weighted by atomic mass is 16.1.